The number of halogens is 1. The van der Waals surface area contributed by atoms with Crippen molar-refractivity contribution in [1.29, 1.82) is 0 Å². The molecule has 1 aromatic carbocycles. The van der Waals surface area contributed by atoms with Crippen molar-refractivity contribution in [2.24, 2.45) is 0 Å². The Labute approximate surface area is 121 Å². The molecule has 0 aromatic heterocycles. The number of anilines is 1. The number of hydrogen-bond acceptors (Lipinski definition) is 2. The molecule has 1 N–H and O–H groups in total. The van der Waals surface area contributed by atoms with Crippen LogP contribution >= 0.6 is 11.6 Å². The number of carbonyl (C=O) groups excluding carboxylic acids is 1. The van der Waals surface area contributed by atoms with Crippen molar-refractivity contribution in [2.45, 2.75) is 26.0 Å². The number of nitrogens with one attached hydrogen (secondary N) is 1. The average molecular weight is 300 g/mol. The summed E-state index contributed by atoms with van der Waals surface area (Å²) in [4.78, 5) is 11.8. The van der Waals surface area contributed by atoms with Gasteiger partial charge in [-0.2, -0.15) is 0 Å². The van der Waals surface area contributed by atoms with Crippen molar-refractivity contribution in [3.8, 4) is 0 Å². The van der Waals surface area contributed by atoms with Crippen LogP contribution in [0.3, 0.4) is 0 Å². The molecule has 5 heteroatoms. The molecule has 0 aliphatic rings. The molecule has 3 nitrogen and oxygen atoms in total. The fraction of sp³-hybridized carbons (Fsp3) is 0.357. The second-order valence-corrected chi connectivity index (χ2v) is 6.12. The minimum Gasteiger partial charge on any atom is -0.322 e. The van der Waals surface area contributed by atoms with Crippen LogP contribution in [0.5, 0.6) is 0 Å². The summed E-state index contributed by atoms with van der Waals surface area (Å²) >= 11 is 6.03. The van der Waals surface area contributed by atoms with Crippen molar-refractivity contribution in [1.82, 2.24) is 0 Å². The average Bonchev–Trinajstić information content (AvgIpc) is 2.33. The first-order chi connectivity index (χ1) is 8.93. The third-order valence-corrected chi connectivity index (χ3v) is 3.62. The zero-order valence-electron chi connectivity index (χ0n) is 11.3. The highest BCUT2D eigenvalue weighted by Gasteiger charge is 2.08. The number of amides is 1. The second-order valence-electron chi connectivity index (χ2n) is 4.27. The van der Waals surface area contributed by atoms with Crippen molar-refractivity contribution in [2.75, 3.05) is 11.6 Å². The van der Waals surface area contributed by atoms with Gasteiger partial charge in [0.2, 0.25) is 0 Å². The third-order valence-electron chi connectivity index (χ3n) is 2.53. The van der Waals surface area contributed by atoms with Gasteiger partial charge >= 0.3 is 0 Å². The molecule has 19 heavy (non-hydrogen) atoms. The number of carbonyl (C=O) groups is 1. The Balaban J connectivity index is 2.88. The van der Waals surface area contributed by atoms with Crippen LogP contribution < -0.4 is 5.32 Å². The predicted molar refractivity (Wildman–Crippen MR) is 81.9 cm³/mol. The quantitative estimate of drug-likeness (QED) is 0.846. The summed E-state index contributed by atoms with van der Waals surface area (Å²) in [6.45, 7) is 3.75. The largest absolute Gasteiger partial charge is 0.322 e. The summed E-state index contributed by atoms with van der Waals surface area (Å²) in [5, 5.41) is 3.37. The highest BCUT2D eigenvalue weighted by atomic mass is 35.5. The van der Waals surface area contributed by atoms with Crippen molar-refractivity contribution in [3.63, 3.8) is 0 Å². The lowest BCUT2D eigenvalue weighted by atomic mass is 10.2. The summed E-state index contributed by atoms with van der Waals surface area (Å²) in [7, 11) is -0.968. The summed E-state index contributed by atoms with van der Waals surface area (Å²) in [5.74, 6) is 0.250. The molecule has 1 aromatic rings. The SMILES string of the molecule is CC/C=C(/C)C(=O)Nc1ccc(Cl)c(C[S@](C)=O)c1. The molecule has 0 heterocycles. The van der Waals surface area contributed by atoms with Gasteiger partial charge < -0.3 is 5.32 Å². The van der Waals surface area contributed by atoms with E-state index in [-0.39, 0.29) is 5.91 Å². The van der Waals surface area contributed by atoms with E-state index >= 15 is 0 Å². The van der Waals surface area contributed by atoms with E-state index < -0.39 is 10.8 Å². The molecule has 104 valence electrons. The molecule has 0 unspecified atom stereocenters. The number of rotatable bonds is 5. The smallest absolute Gasteiger partial charge is 0.250 e. The molecule has 1 atom stereocenters. The molecule has 0 saturated carbocycles. The van der Waals surface area contributed by atoms with E-state index in [0.717, 1.165) is 12.0 Å². The molecular formula is C14H18ClNO2S. The van der Waals surface area contributed by atoms with E-state index in [1.54, 1.807) is 31.4 Å². The van der Waals surface area contributed by atoms with E-state index in [4.69, 9.17) is 11.6 Å². The first-order valence-corrected chi connectivity index (χ1v) is 8.11. The van der Waals surface area contributed by atoms with Crippen molar-refractivity contribution >= 4 is 34.0 Å². The third kappa shape index (κ3) is 5.17. The molecule has 0 spiro atoms. The van der Waals surface area contributed by atoms with Gasteiger partial charge in [0.15, 0.2) is 0 Å². The highest BCUT2D eigenvalue weighted by Crippen LogP contribution is 2.22. The van der Waals surface area contributed by atoms with Crippen molar-refractivity contribution < 1.29 is 9.00 Å². The molecule has 0 radical (unpaired) electrons. The van der Waals surface area contributed by atoms with Crippen LogP contribution in [0.15, 0.2) is 29.8 Å². The van der Waals surface area contributed by atoms with Crippen molar-refractivity contribution in [3.05, 3.63) is 40.4 Å². The predicted octanol–water partition coefficient (Wildman–Crippen LogP) is 3.51. The lowest BCUT2D eigenvalue weighted by molar-refractivity contribution is -0.112. The van der Waals surface area contributed by atoms with Gasteiger partial charge in [0.1, 0.15) is 0 Å². The molecule has 0 saturated heterocycles. The first-order valence-electron chi connectivity index (χ1n) is 6.00. The maximum absolute atomic E-state index is 11.8. The van der Waals surface area contributed by atoms with Crippen LogP contribution in [0.1, 0.15) is 25.8 Å². The van der Waals surface area contributed by atoms with Gasteiger partial charge in [-0.05, 0) is 37.1 Å². The number of allylic oxidation sites excluding steroid dienone is 1. The molecular weight excluding hydrogens is 282 g/mol. The van der Waals surface area contributed by atoms with Gasteiger partial charge in [-0.25, -0.2) is 0 Å². The Morgan fingerprint density at radius 2 is 2.16 bits per heavy atom. The van der Waals surface area contributed by atoms with Crippen LogP contribution in [0.4, 0.5) is 5.69 Å². The Kier molecular flexibility index (Phi) is 6.25. The Bertz CT molecular complexity index is 526. The van der Waals surface area contributed by atoms with E-state index in [9.17, 15) is 9.00 Å². The van der Waals surface area contributed by atoms with Crippen LogP contribution in [-0.4, -0.2) is 16.4 Å². The Morgan fingerprint density at radius 3 is 2.74 bits per heavy atom. The highest BCUT2D eigenvalue weighted by molar-refractivity contribution is 7.83. The summed E-state index contributed by atoms with van der Waals surface area (Å²) < 4.78 is 11.2. The standard InChI is InChI=1S/C14H18ClNO2S/c1-4-5-10(2)14(17)16-12-6-7-13(15)11(8-12)9-19(3)18/h5-8H,4,9H2,1-3H3,(H,16,17)/b10-5-/t19-/m0/s1. The molecule has 0 bridgehead atoms. The van der Waals surface area contributed by atoms with Gasteiger partial charge in [0.05, 0.1) is 0 Å². The van der Waals surface area contributed by atoms with E-state index in [0.29, 0.717) is 22.0 Å². The molecule has 1 rings (SSSR count). The first kappa shape index (κ1) is 15.9. The lowest BCUT2D eigenvalue weighted by Gasteiger charge is -2.09. The number of hydrogen-bond donors (Lipinski definition) is 1. The molecule has 0 fully saturated rings. The fourth-order valence-corrected chi connectivity index (χ4v) is 2.55. The molecule has 0 aliphatic heterocycles. The van der Waals surface area contributed by atoms with Gasteiger partial charge in [-0.15, -0.1) is 0 Å². The van der Waals surface area contributed by atoms with E-state index in [1.807, 2.05) is 13.0 Å². The molecule has 0 aliphatic carbocycles. The summed E-state index contributed by atoms with van der Waals surface area (Å²) in [6.07, 6.45) is 4.31. The zero-order valence-corrected chi connectivity index (χ0v) is 12.9. The van der Waals surface area contributed by atoms with Gasteiger partial charge in [-0.1, -0.05) is 24.6 Å². The van der Waals surface area contributed by atoms with Gasteiger partial charge in [0.25, 0.3) is 5.91 Å². The van der Waals surface area contributed by atoms with Gasteiger partial charge in [-0.3, -0.25) is 9.00 Å². The zero-order chi connectivity index (χ0) is 14.4. The normalized spacial score (nSPS) is 13.2. The Morgan fingerprint density at radius 1 is 1.47 bits per heavy atom. The summed E-state index contributed by atoms with van der Waals surface area (Å²) in [5.41, 5.74) is 2.12. The summed E-state index contributed by atoms with van der Waals surface area (Å²) in [6, 6.07) is 5.21. The second kappa shape index (κ2) is 7.46. The number of benzene rings is 1. The lowest BCUT2D eigenvalue weighted by Crippen LogP contribution is -2.12. The fourth-order valence-electron chi connectivity index (χ4n) is 1.61. The van der Waals surface area contributed by atoms with Gasteiger partial charge in [0, 0.05) is 39.1 Å². The van der Waals surface area contributed by atoms with Crippen LogP contribution in [0, 0.1) is 0 Å². The van der Waals surface area contributed by atoms with E-state index in [1.165, 1.54) is 0 Å². The Hall–Kier alpha value is -1.13. The topological polar surface area (TPSA) is 46.2 Å². The maximum atomic E-state index is 11.8. The molecule has 1 amide bonds. The minimum absolute atomic E-state index is 0.132. The monoisotopic (exact) mass is 299 g/mol. The van der Waals surface area contributed by atoms with Crippen LogP contribution in [0.25, 0.3) is 0 Å². The maximum Gasteiger partial charge on any atom is 0.250 e. The minimum atomic E-state index is -0.968. The van der Waals surface area contributed by atoms with E-state index in [2.05, 4.69) is 5.32 Å². The van der Waals surface area contributed by atoms with Crippen LogP contribution in [0.2, 0.25) is 5.02 Å². The van der Waals surface area contributed by atoms with Crippen LogP contribution in [-0.2, 0) is 21.3 Å².